The fourth-order valence-electron chi connectivity index (χ4n) is 2.00. The van der Waals surface area contributed by atoms with Crippen LogP contribution < -0.4 is 5.32 Å². The molecule has 0 aliphatic heterocycles. The molecule has 0 aliphatic rings. The normalized spacial score (nSPS) is 10.5. The summed E-state index contributed by atoms with van der Waals surface area (Å²) in [6.07, 6.45) is 0. The largest absolute Gasteiger partial charge is 0.331 e. The Kier molecular flexibility index (Phi) is 3.72. The molecule has 0 bridgehead atoms. The molecule has 1 aromatic heterocycles. The molecule has 1 N–H and O–H groups in total. The van der Waals surface area contributed by atoms with Crippen LogP contribution in [-0.4, -0.2) is 4.98 Å². The lowest BCUT2D eigenvalue weighted by molar-refractivity contribution is 1.36. The second-order valence-corrected chi connectivity index (χ2v) is 6.06. The van der Waals surface area contributed by atoms with Crippen LogP contribution in [0.15, 0.2) is 54.6 Å². The Morgan fingerprint density at radius 2 is 1.85 bits per heavy atom. The van der Waals surface area contributed by atoms with Crippen molar-refractivity contribution in [2.24, 2.45) is 0 Å². The molecule has 0 aliphatic carbocycles. The monoisotopic (exact) mass is 300 g/mol. The van der Waals surface area contributed by atoms with E-state index in [9.17, 15) is 0 Å². The molecule has 3 rings (SSSR count). The summed E-state index contributed by atoms with van der Waals surface area (Å²) in [6, 6.07) is 17.9. The lowest BCUT2D eigenvalue weighted by Gasteiger charge is -2.02. The Morgan fingerprint density at radius 3 is 2.60 bits per heavy atom. The summed E-state index contributed by atoms with van der Waals surface area (Å²) in [4.78, 5) is 5.86. The molecule has 0 atom stereocenters. The average molecular weight is 301 g/mol. The maximum absolute atomic E-state index is 5.99. The third-order valence-electron chi connectivity index (χ3n) is 2.92. The van der Waals surface area contributed by atoms with Gasteiger partial charge in [0.15, 0.2) is 5.13 Å². The molecule has 0 saturated heterocycles. The molecule has 0 radical (unpaired) electrons. The lowest BCUT2D eigenvalue weighted by Crippen LogP contribution is -1.89. The van der Waals surface area contributed by atoms with E-state index in [0.717, 1.165) is 22.1 Å². The Labute approximate surface area is 127 Å². The van der Waals surface area contributed by atoms with Crippen LogP contribution in [0.4, 0.5) is 10.8 Å². The highest BCUT2D eigenvalue weighted by molar-refractivity contribution is 7.16. The summed E-state index contributed by atoms with van der Waals surface area (Å²) in [6.45, 7) is 2.09. The van der Waals surface area contributed by atoms with Gasteiger partial charge >= 0.3 is 0 Å². The van der Waals surface area contributed by atoms with E-state index in [1.807, 2.05) is 42.5 Å². The van der Waals surface area contributed by atoms with Crippen molar-refractivity contribution in [1.82, 2.24) is 4.98 Å². The maximum atomic E-state index is 5.99. The number of nitrogens with zero attached hydrogens (tertiary/aromatic N) is 1. The number of rotatable bonds is 3. The molecule has 2 nitrogen and oxygen atoms in total. The maximum Gasteiger partial charge on any atom is 0.187 e. The molecule has 0 saturated carbocycles. The number of benzene rings is 2. The number of aryl methyl sites for hydroxylation is 1. The van der Waals surface area contributed by atoms with Gasteiger partial charge in [-0.2, -0.15) is 0 Å². The van der Waals surface area contributed by atoms with Crippen molar-refractivity contribution >= 4 is 33.8 Å². The fraction of sp³-hybridized carbons (Fsp3) is 0.0625. The highest BCUT2D eigenvalue weighted by Crippen LogP contribution is 2.32. The van der Waals surface area contributed by atoms with Crippen molar-refractivity contribution in [3.63, 3.8) is 0 Å². The molecule has 0 unspecified atom stereocenters. The van der Waals surface area contributed by atoms with E-state index in [4.69, 9.17) is 11.6 Å². The van der Waals surface area contributed by atoms with E-state index < -0.39 is 0 Å². The van der Waals surface area contributed by atoms with Crippen molar-refractivity contribution in [2.45, 2.75) is 6.92 Å². The van der Waals surface area contributed by atoms with Crippen molar-refractivity contribution in [1.29, 1.82) is 0 Å². The molecule has 4 heteroatoms. The van der Waals surface area contributed by atoms with Crippen LogP contribution in [0.25, 0.3) is 11.3 Å². The van der Waals surface area contributed by atoms with Gasteiger partial charge in [0.25, 0.3) is 0 Å². The smallest absolute Gasteiger partial charge is 0.187 e. The van der Waals surface area contributed by atoms with Crippen LogP contribution in [0.5, 0.6) is 0 Å². The fourth-order valence-corrected chi connectivity index (χ4v) is 3.05. The zero-order chi connectivity index (χ0) is 13.9. The summed E-state index contributed by atoms with van der Waals surface area (Å²) in [5.41, 5.74) is 3.12. The molecule has 0 spiro atoms. The zero-order valence-electron chi connectivity index (χ0n) is 10.9. The van der Waals surface area contributed by atoms with Gasteiger partial charge in [0.2, 0.25) is 0 Å². The van der Waals surface area contributed by atoms with Crippen LogP contribution in [0.1, 0.15) is 4.88 Å². The molecule has 3 aromatic rings. The Hall–Kier alpha value is -1.84. The topological polar surface area (TPSA) is 24.9 Å². The quantitative estimate of drug-likeness (QED) is 0.689. The first-order valence-electron chi connectivity index (χ1n) is 6.28. The van der Waals surface area contributed by atoms with Gasteiger partial charge in [0.05, 0.1) is 5.69 Å². The number of hydrogen-bond acceptors (Lipinski definition) is 3. The molecule has 20 heavy (non-hydrogen) atoms. The van der Waals surface area contributed by atoms with Gasteiger partial charge in [-0.1, -0.05) is 48.0 Å². The van der Waals surface area contributed by atoms with Crippen LogP contribution in [-0.2, 0) is 0 Å². The van der Waals surface area contributed by atoms with Gasteiger partial charge in [0, 0.05) is 21.2 Å². The van der Waals surface area contributed by atoms with Crippen molar-refractivity contribution in [2.75, 3.05) is 5.32 Å². The van der Waals surface area contributed by atoms with Crippen LogP contribution in [0.2, 0.25) is 5.02 Å². The minimum Gasteiger partial charge on any atom is -0.331 e. The SMILES string of the molecule is Cc1sc(Nc2cccc(Cl)c2)nc1-c1ccccc1. The molecule has 100 valence electrons. The van der Waals surface area contributed by atoms with E-state index in [1.54, 1.807) is 11.3 Å². The summed E-state index contributed by atoms with van der Waals surface area (Å²) in [5, 5.41) is 4.89. The predicted molar refractivity (Wildman–Crippen MR) is 87.0 cm³/mol. The van der Waals surface area contributed by atoms with E-state index in [0.29, 0.717) is 5.02 Å². The number of anilines is 2. The van der Waals surface area contributed by atoms with Crippen LogP contribution >= 0.6 is 22.9 Å². The molecule has 0 amide bonds. The van der Waals surface area contributed by atoms with Gasteiger partial charge in [0.1, 0.15) is 0 Å². The van der Waals surface area contributed by atoms with Gasteiger partial charge in [-0.25, -0.2) is 4.98 Å². The summed E-state index contributed by atoms with van der Waals surface area (Å²) < 4.78 is 0. The summed E-state index contributed by atoms with van der Waals surface area (Å²) >= 11 is 7.63. The first kappa shape index (κ1) is 13.2. The zero-order valence-corrected chi connectivity index (χ0v) is 12.5. The van der Waals surface area contributed by atoms with Crippen LogP contribution in [0, 0.1) is 6.92 Å². The minimum absolute atomic E-state index is 0.714. The van der Waals surface area contributed by atoms with Gasteiger partial charge in [-0.15, -0.1) is 11.3 Å². The van der Waals surface area contributed by atoms with Crippen molar-refractivity contribution in [3.8, 4) is 11.3 Å². The van der Waals surface area contributed by atoms with E-state index in [1.165, 1.54) is 4.88 Å². The number of aromatic nitrogens is 1. The van der Waals surface area contributed by atoms with E-state index >= 15 is 0 Å². The standard InChI is InChI=1S/C16H13ClN2S/c1-11-15(12-6-3-2-4-7-12)19-16(20-11)18-14-9-5-8-13(17)10-14/h2-10H,1H3,(H,18,19). The van der Waals surface area contributed by atoms with E-state index in [-0.39, 0.29) is 0 Å². The number of halogens is 1. The second-order valence-electron chi connectivity index (χ2n) is 4.43. The Bertz CT molecular complexity index is 722. The average Bonchev–Trinajstić information content (AvgIpc) is 2.80. The predicted octanol–water partition coefficient (Wildman–Crippen LogP) is 5.52. The summed E-state index contributed by atoms with van der Waals surface area (Å²) in [7, 11) is 0. The second kappa shape index (κ2) is 5.65. The minimum atomic E-state index is 0.714. The number of nitrogens with one attached hydrogen (secondary N) is 1. The van der Waals surface area contributed by atoms with Gasteiger partial charge < -0.3 is 5.32 Å². The van der Waals surface area contributed by atoms with Gasteiger partial charge in [-0.05, 0) is 25.1 Å². The molecule has 0 fully saturated rings. The Morgan fingerprint density at radius 1 is 1.05 bits per heavy atom. The third-order valence-corrected chi connectivity index (χ3v) is 4.04. The number of hydrogen-bond donors (Lipinski definition) is 1. The van der Waals surface area contributed by atoms with E-state index in [2.05, 4.69) is 29.4 Å². The highest BCUT2D eigenvalue weighted by Gasteiger charge is 2.09. The molecule has 1 heterocycles. The first-order valence-corrected chi connectivity index (χ1v) is 7.47. The Balaban J connectivity index is 1.90. The highest BCUT2D eigenvalue weighted by atomic mass is 35.5. The van der Waals surface area contributed by atoms with Gasteiger partial charge in [-0.3, -0.25) is 0 Å². The summed E-state index contributed by atoms with van der Waals surface area (Å²) in [5.74, 6) is 0. The number of thiazole rings is 1. The molecule has 2 aromatic carbocycles. The first-order chi connectivity index (χ1) is 9.72. The van der Waals surface area contributed by atoms with Crippen LogP contribution in [0.3, 0.4) is 0 Å². The molecular formula is C16H13ClN2S. The third kappa shape index (κ3) is 2.84. The van der Waals surface area contributed by atoms with Crippen molar-refractivity contribution < 1.29 is 0 Å². The molecular weight excluding hydrogens is 288 g/mol. The lowest BCUT2D eigenvalue weighted by atomic mass is 10.1. The van der Waals surface area contributed by atoms with Crippen molar-refractivity contribution in [3.05, 3.63) is 64.5 Å².